The predicted octanol–water partition coefficient (Wildman–Crippen LogP) is 2.71. The Kier molecular flexibility index (Phi) is 6.21. The van der Waals surface area contributed by atoms with Gasteiger partial charge in [-0.1, -0.05) is 13.8 Å². The topological polar surface area (TPSA) is 33.1 Å². The third-order valence-corrected chi connectivity index (χ3v) is 4.58. The Morgan fingerprint density at radius 1 is 1.35 bits per heavy atom. The second-order valence-electron chi connectivity index (χ2n) is 6.41. The van der Waals surface area contributed by atoms with E-state index in [0.717, 1.165) is 19.4 Å². The van der Waals surface area contributed by atoms with Crippen molar-refractivity contribution in [3.05, 3.63) is 18.0 Å². The largest absolute Gasteiger partial charge is 0.312 e. The van der Waals surface area contributed by atoms with Gasteiger partial charge >= 0.3 is 0 Å². The second kappa shape index (κ2) is 7.23. The molecule has 0 saturated carbocycles. The third kappa shape index (κ3) is 4.06. The Morgan fingerprint density at radius 3 is 2.50 bits per heavy atom. The molecule has 0 saturated heterocycles. The van der Waals surface area contributed by atoms with Crippen LogP contribution in [-0.4, -0.2) is 46.9 Å². The maximum absolute atomic E-state index is 4.73. The standard InChI is InChI=1S/C16H32N4/c1-8-13(3)20-11-10-14(18-20)12-15(17-9-2)16(4,5)19(6)7/h10-11,13,15,17H,8-9,12H2,1-7H3. The van der Waals surface area contributed by atoms with Crippen LogP contribution in [0.3, 0.4) is 0 Å². The minimum atomic E-state index is 0.0934. The molecule has 0 spiro atoms. The van der Waals surface area contributed by atoms with E-state index in [0.29, 0.717) is 12.1 Å². The summed E-state index contributed by atoms with van der Waals surface area (Å²) in [5, 5.41) is 8.35. The monoisotopic (exact) mass is 280 g/mol. The molecular formula is C16H32N4. The van der Waals surface area contributed by atoms with Gasteiger partial charge in [-0.25, -0.2) is 0 Å². The fourth-order valence-corrected chi connectivity index (χ4v) is 2.26. The normalized spacial score (nSPS) is 15.6. The lowest BCUT2D eigenvalue weighted by Crippen LogP contribution is -2.56. The van der Waals surface area contributed by atoms with E-state index >= 15 is 0 Å². The molecule has 0 aromatic carbocycles. The molecule has 1 aromatic rings. The first-order valence-corrected chi connectivity index (χ1v) is 7.77. The van der Waals surface area contributed by atoms with E-state index in [1.807, 2.05) is 0 Å². The highest BCUT2D eigenvalue weighted by Gasteiger charge is 2.31. The van der Waals surface area contributed by atoms with Gasteiger partial charge < -0.3 is 10.2 Å². The average molecular weight is 280 g/mol. The van der Waals surface area contributed by atoms with Gasteiger partial charge in [0.1, 0.15) is 0 Å². The number of aromatic nitrogens is 2. The summed E-state index contributed by atoms with van der Waals surface area (Å²) in [6.45, 7) is 12.1. The number of hydrogen-bond donors (Lipinski definition) is 1. The molecule has 2 atom stereocenters. The summed E-state index contributed by atoms with van der Waals surface area (Å²) in [4.78, 5) is 2.28. The van der Waals surface area contributed by atoms with Crippen LogP contribution in [0.1, 0.15) is 52.8 Å². The fraction of sp³-hybridized carbons (Fsp3) is 0.812. The number of likely N-dealkylation sites (N-methyl/N-ethyl adjacent to an activating group) is 2. The molecule has 116 valence electrons. The zero-order valence-corrected chi connectivity index (χ0v) is 14.3. The van der Waals surface area contributed by atoms with Crippen molar-refractivity contribution in [2.45, 2.75) is 65.1 Å². The first-order chi connectivity index (χ1) is 9.32. The lowest BCUT2D eigenvalue weighted by Gasteiger charge is -2.40. The summed E-state index contributed by atoms with van der Waals surface area (Å²) in [7, 11) is 4.28. The van der Waals surface area contributed by atoms with Gasteiger partial charge in [0.05, 0.1) is 5.69 Å². The molecule has 1 N–H and O–H groups in total. The van der Waals surface area contributed by atoms with E-state index < -0.39 is 0 Å². The molecule has 0 amide bonds. The highest BCUT2D eigenvalue weighted by Crippen LogP contribution is 2.20. The average Bonchev–Trinajstić information content (AvgIpc) is 2.85. The Balaban J connectivity index is 2.83. The van der Waals surface area contributed by atoms with Gasteiger partial charge in [-0.05, 0) is 53.9 Å². The van der Waals surface area contributed by atoms with Gasteiger partial charge in [0, 0.05) is 30.2 Å². The van der Waals surface area contributed by atoms with Gasteiger partial charge in [-0.3, -0.25) is 4.68 Å². The van der Waals surface area contributed by atoms with Gasteiger partial charge in [0.2, 0.25) is 0 Å². The van der Waals surface area contributed by atoms with Crippen molar-refractivity contribution >= 4 is 0 Å². The SMILES string of the molecule is CCNC(Cc1ccn(C(C)CC)n1)C(C)(C)N(C)C. The number of hydrogen-bond acceptors (Lipinski definition) is 3. The van der Waals surface area contributed by atoms with Crippen LogP contribution < -0.4 is 5.32 Å². The zero-order valence-electron chi connectivity index (χ0n) is 14.3. The molecule has 0 bridgehead atoms. The third-order valence-electron chi connectivity index (χ3n) is 4.58. The van der Waals surface area contributed by atoms with Crippen molar-refractivity contribution in [3.8, 4) is 0 Å². The van der Waals surface area contributed by atoms with E-state index in [4.69, 9.17) is 5.10 Å². The van der Waals surface area contributed by atoms with Crippen molar-refractivity contribution in [2.75, 3.05) is 20.6 Å². The van der Waals surface area contributed by atoms with Crippen molar-refractivity contribution in [1.29, 1.82) is 0 Å². The van der Waals surface area contributed by atoms with E-state index in [1.54, 1.807) is 0 Å². The van der Waals surface area contributed by atoms with Crippen molar-refractivity contribution in [1.82, 2.24) is 20.0 Å². The van der Waals surface area contributed by atoms with Crippen LogP contribution >= 0.6 is 0 Å². The second-order valence-corrected chi connectivity index (χ2v) is 6.41. The molecule has 20 heavy (non-hydrogen) atoms. The highest BCUT2D eigenvalue weighted by molar-refractivity contribution is 5.06. The molecule has 1 aromatic heterocycles. The molecule has 1 rings (SSSR count). The predicted molar refractivity (Wildman–Crippen MR) is 86.2 cm³/mol. The molecule has 0 aliphatic rings. The lowest BCUT2D eigenvalue weighted by molar-refractivity contribution is 0.137. The van der Waals surface area contributed by atoms with Crippen molar-refractivity contribution < 1.29 is 0 Å². The minimum Gasteiger partial charge on any atom is -0.312 e. The van der Waals surface area contributed by atoms with E-state index in [1.165, 1.54) is 5.69 Å². The summed E-state index contributed by atoms with van der Waals surface area (Å²) >= 11 is 0. The van der Waals surface area contributed by atoms with Crippen LogP contribution in [0.15, 0.2) is 12.3 Å². The zero-order chi connectivity index (χ0) is 15.3. The summed E-state index contributed by atoms with van der Waals surface area (Å²) in [5.41, 5.74) is 1.27. The first-order valence-electron chi connectivity index (χ1n) is 7.77. The molecule has 0 fully saturated rings. The fourth-order valence-electron chi connectivity index (χ4n) is 2.26. The van der Waals surface area contributed by atoms with E-state index in [9.17, 15) is 0 Å². The summed E-state index contributed by atoms with van der Waals surface area (Å²) < 4.78 is 2.08. The maximum atomic E-state index is 4.73. The molecule has 2 unspecified atom stereocenters. The van der Waals surface area contributed by atoms with Gasteiger partial charge in [-0.2, -0.15) is 5.10 Å². The van der Waals surface area contributed by atoms with Crippen LogP contribution in [-0.2, 0) is 6.42 Å². The Morgan fingerprint density at radius 2 is 2.00 bits per heavy atom. The van der Waals surface area contributed by atoms with Gasteiger partial charge in [-0.15, -0.1) is 0 Å². The van der Waals surface area contributed by atoms with E-state index in [2.05, 4.69) is 75.9 Å². The Bertz CT molecular complexity index is 395. The number of nitrogens with zero attached hydrogens (tertiary/aromatic N) is 3. The van der Waals surface area contributed by atoms with Crippen LogP contribution in [0.2, 0.25) is 0 Å². The smallest absolute Gasteiger partial charge is 0.0640 e. The van der Waals surface area contributed by atoms with Crippen LogP contribution in [0.5, 0.6) is 0 Å². The van der Waals surface area contributed by atoms with E-state index in [-0.39, 0.29) is 5.54 Å². The van der Waals surface area contributed by atoms with Gasteiger partial charge in [0.15, 0.2) is 0 Å². The molecular weight excluding hydrogens is 248 g/mol. The molecule has 0 aliphatic heterocycles. The molecule has 1 heterocycles. The van der Waals surface area contributed by atoms with Crippen molar-refractivity contribution in [2.24, 2.45) is 0 Å². The van der Waals surface area contributed by atoms with Crippen LogP contribution in [0.25, 0.3) is 0 Å². The summed E-state index contributed by atoms with van der Waals surface area (Å²) in [6, 6.07) is 3.02. The summed E-state index contributed by atoms with van der Waals surface area (Å²) in [5.74, 6) is 0. The van der Waals surface area contributed by atoms with Crippen molar-refractivity contribution in [3.63, 3.8) is 0 Å². The number of nitrogens with one attached hydrogen (secondary N) is 1. The lowest BCUT2D eigenvalue weighted by atomic mass is 9.89. The first kappa shape index (κ1) is 17.2. The minimum absolute atomic E-state index is 0.0934. The maximum Gasteiger partial charge on any atom is 0.0640 e. The summed E-state index contributed by atoms with van der Waals surface area (Å²) in [6.07, 6.45) is 4.18. The molecule has 4 heteroatoms. The Hall–Kier alpha value is -0.870. The molecule has 0 aliphatic carbocycles. The van der Waals surface area contributed by atoms with Gasteiger partial charge in [0.25, 0.3) is 0 Å². The Labute approximate surface area is 124 Å². The molecule has 4 nitrogen and oxygen atoms in total. The highest BCUT2D eigenvalue weighted by atomic mass is 15.3. The number of rotatable bonds is 8. The van der Waals surface area contributed by atoms with Crippen LogP contribution in [0, 0.1) is 0 Å². The molecule has 0 radical (unpaired) electrons. The van der Waals surface area contributed by atoms with Crippen LogP contribution in [0.4, 0.5) is 0 Å². The quantitative estimate of drug-likeness (QED) is 0.795.